The molecule has 1 heterocycles. The van der Waals surface area contributed by atoms with E-state index in [9.17, 15) is 0 Å². The summed E-state index contributed by atoms with van der Waals surface area (Å²) in [5.41, 5.74) is 4.08. The third kappa shape index (κ3) is 4.64. The summed E-state index contributed by atoms with van der Waals surface area (Å²) in [4.78, 5) is 2.70. The van der Waals surface area contributed by atoms with Gasteiger partial charge in [0.05, 0.1) is 0 Å². The number of benzene rings is 1. The molecule has 4 aliphatic carbocycles. The molecular formula is C34H53N. The fraction of sp³-hybridized carbons (Fsp3) is 0.765. The monoisotopic (exact) mass is 475 g/mol. The van der Waals surface area contributed by atoms with Crippen molar-refractivity contribution >= 4 is 0 Å². The van der Waals surface area contributed by atoms with Crippen molar-refractivity contribution in [1.82, 2.24) is 4.90 Å². The Morgan fingerprint density at radius 3 is 2.37 bits per heavy atom. The number of rotatable bonds is 3. The van der Waals surface area contributed by atoms with E-state index in [1.165, 1.54) is 75.7 Å². The van der Waals surface area contributed by atoms with E-state index in [0.717, 1.165) is 41.9 Å². The summed E-state index contributed by atoms with van der Waals surface area (Å²) in [7, 11) is 0. The Kier molecular flexibility index (Phi) is 7.19. The molecule has 4 saturated carbocycles. The molecule has 1 nitrogen and oxygen atoms in total. The Morgan fingerprint density at radius 2 is 1.60 bits per heavy atom. The highest BCUT2D eigenvalue weighted by Gasteiger charge is 2.57. The number of fused-ring (bicyclic) bond motifs is 5. The van der Waals surface area contributed by atoms with Gasteiger partial charge in [-0.25, -0.2) is 0 Å². The first kappa shape index (κ1) is 25.4. The Morgan fingerprint density at radius 1 is 0.857 bits per heavy atom. The fourth-order valence-corrected chi connectivity index (χ4v) is 10.0. The molecule has 8 atom stereocenters. The van der Waals surface area contributed by atoms with Crippen molar-refractivity contribution in [3.05, 3.63) is 48.2 Å². The van der Waals surface area contributed by atoms with Gasteiger partial charge in [-0.2, -0.15) is 0 Å². The van der Waals surface area contributed by atoms with E-state index in [1.807, 2.05) is 13.8 Å². The zero-order valence-electron chi connectivity index (χ0n) is 23.6. The topological polar surface area (TPSA) is 3.24 Å². The van der Waals surface area contributed by atoms with Gasteiger partial charge < -0.3 is 4.90 Å². The summed E-state index contributed by atoms with van der Waals surface area (Å²) in [5, 5.41) is 0. The molecule has 0 spiro atoms. The lowest BCUT2D eigenvalue weighted by atomic mass is 9.48. The first-order chi connectivity index (χ1) is 16.8. The zero-order valence-corrected chi connectivity index (χ0v) is 23.6. The molecule has 0 radical (unpaired) electrons. The Bertz CT molecular complexity index is 870. The van der Waals surface area contributed by atoms with Crippen LogP contribution in [0.25, 0.3) is 0 Å². The van der Waals surface area contributed by atoms with Crippen LogP contribution in [0, 0.1) is 46.3 Å². The smallest absolute Gasteiger partial charge is 0.0247 e. The SMILES string of the molecule is C=C1CC(c2ccccc2)CN1CC1CCC2C3CCC4CC(C)(C)CCC4C3CCC12C.CC. The van der Waals surface area contributed by atoms with Gasteiger partial charge in [0.15, 0.2) is 0 Å². The maximum absolute atomic E-state index is 4.53. The Balaban J connectivity index is 0.00000124. The zero-order chi connectivity index (χ0) is 24.8. The first-order valence-electron chi connectivity index (χ1n) is 15.3. The van der Waals surface area contributed by atoms with E-state index in [0.29, 0.717) is 16.7 Å². The van der Waals surface area contributed by atoms with Crippen LogP contribution in [0.3, 0.4) is 0 Å². The minimum absolute atomic E-state index is 0.576. The summed E-state index contributed by atoms with van der Waals surface area (Å²) in [6.45, 7) is 18.8. The molecule has 1 saturated heterocycles. The van der Waals surface area contributed by atoms with Crippen LogP contribution in [0.5, 0.6) is 0 Å². The standard InChI is InChI=1S/C32H47N.C2H6/c1-22-18-25(23-8-6-5-7-9-23)20-33(22)21-26-11-13-30-29-12-10-24-19-31(2,3)16-14-27(24)28(29)15-17-32(26,30)4;1-2/h5-9,24-30H,1,10-21H2,2-4H3;1-2H3. The largest absolute Gasteiger partial charge is 0.374 e. The van der Waals surface area contributed by atoms with Crippen LogP contribution in [0.1, 0.15) is 110 Å². The number of allylic oxidation sites excluding steroid dienone is 1. The molecule has 194 valence electrons. The van der Waals surface area contributed by atoms with Crippen LogP contribution in [0.4, 0.5) is 0 Å². The van der Waals surface area contributed by atoms with E-state index in [1.54, 1.807) is 6.42 Å². The molecule has 8 unspecified atom stereocenters. The van der Waals surface area contributed by atoms with Crippen molar-refractivity contribution in [2.24, 2.45) is 46.3 Å². The molecule has 1 aromatic carbocycles. The number of nitrogens with zero attached hydrogens (tertiary/aromatic N) is 1. The van der Waals surface area contributed by atoms with Crippen molar-refractivity contribution in [2.45, 2.75) is 105 Å². The summed E-state index contributed by atoms with van der Waals surface area (Å²) < 4.78 is 0. The van der Waals surface area contributed by atoms with Crippen molar-refractivity contribution in [3.63, 3.8) is 0 Å². The van der Waals surface area contributed by atoms with Crippen LogP contribution < -0.4 is 0 Å². The van der Waals surface area contributed by atoms with Gasteiger partial charge in [-0.1, -0.05) is 71.5 Å². The van der Waals surface area contributed by atoms with Gasteiger partial charge >= 0.3 is 0 Å². The second-order valence-corrected chi connectivity index (χ2v) is 13.9. The van der Waals surface area contributed by atoms with Gasteiger partial charge in [-0.15, -0.1) is 0 Å². The normalized spacial score (nSPS) is 41.9. The quantitative estimate of drug-likeness (QED) is 0.421. The Labute approximate surface area is 217 Å². The summed E-state index contributed by atoms with van der Waals surface area (Å²) in [6.07, 6.45) is 14.7. The molecular weight excluding hydrogens is 422 g/mol. The van der Waals surface area contributed by atoms with Crippen molar-refractivity contribution < 1.29 is 0 Å². The molecule has 0 amide bonds. The van der Waals surface area contributed by atoms with Crippen LogP contribution in [-0.4, -0.2) is 18.0 Å². The van der Waals surface area contributed by atoms with Gasteiger partial charge in [0.2, 0.25) is 0 Å². The van der Waals surface area contributed by atoms with Crippen molar-refractivity contribution in [2.75, 3.05) is 13.1 Å². The van der Waals surface area contributed by atoms with Gasteiger partial charge in [0.1, 0.15) is 0 Å². The summed E-state index contributed by atoms with van der Waals surface area (Å²) in [6, 6.07) is 11.2. The average molecular weight is 476 g/mol. The second-order valence-electron chi connectivity index (χ2n) is 13.9. The lowest BCUT2D eigenvalue weighted by Gasteiger charge is -2.57. The minimum atomic E-state index is 0.576. The molecule has 0 bridgehead atoms. The third-order valence-corrected chi connectivity index (χ3v) is 11.8. The average Bonchev–Trinajstić information content (AvgIpc) is 3.40. The first-order valence-corrected chi connectivity index (χ1v) is 15.3. The predicted octanol–water partition coefficient (Wildman–Crippen LogP) is 9.31. The molecule has 0 N–H and O–H groups in total. The lowest BCUT2D eigenvalue weighted by molar-refractivity contribution is -0.0773. The summed E-state index contributed by atoms with van der Waals surface area (Å²) in [5.74, 6) is 6.71. The van der Waals surface area contributed by atoms with E-state index >= 15 is 0 Å². The number of hydrogen-bond donors (Lipinski definition) is 0. The van der Waals surface area contributed by atoms with Crippen LogP contribution in [-0.2, 0) is 0 Å². The van der Waals surface area contributed by atoms with E-state index in [-0.39, 0.29) is 0 Å². The molecule has 1 heteroatoms. The van der Waals surface area contributed by atoms with Gasteiger partial charge in [0.25, 0.3) is 0 Å². The molecule has 5 aliphatic rings. The van der Waals surface area contributed by atoms with Crippen LogP contribution >= 0.6 is 0 Å². The van der Waals surface area contributed by atoms with Gasteiger partial charge in [0, 0.05) is 24.7 Å². The van der Waals surface area contributed by atoms with Crippen molar-refractivity contribution in [1.29, 1.82) is 0 Å². The molecule has 1 aliphatic heterocycles. The highest BCUT2D eigenvalue weighted by atomic mass is 15.2. The minimum Gasteiger partial charge on any atom is -0.374 e. The van der Waals surface area contributed by atoms with Gasteiger partial charge in [-0.3, -0.25) is 0 Å². The molecule has 5 fully saturated rings. The Hall–Kier alpha value is -1.24. The maximum Gasteiger partial charge on any atom is 0.0247 e. The maximum atomic E-state index is 4.53. The van der Waals surface area contributed by atoms with E-state index in [4.69, 9.17) is 0 Å². The number of likely N-dealkylation sites (tertiary alicyclic amines) is 1. The third-order valence-electron chi connectivity index (χ3n) is 11.8. The van der Waals surface area contributed by atoms with Crippen molar-refractivity contribution in [3.8, 4) is 0 Å². The highest BCUT2D eigenvalue weighted by molar-refractivity contribution is 5.25. The lowest BCUT2D eigenvalue weighted by Crippen LogP contribution is -2.50. The van der Waals surface area contributed by atoms with E-state index in [2.05, 4.69) is 62.6 Å². The van der Waals surface area contributed by atoms with Crippen LogP contribution in [0.2, 0.25) is 0 Å². The predicted molar refractivity (Wildman–Crippen MR) is 150 cm³/mol. The molecule has 0 aromatic heterocycles. The fourth-order valence-electron chi connectivity index (χ4n) is 10.0. The molecule has 6 rings (SSSR count). The second kappa shape index (κ2) is 9.90. The molecule has 35 heavy (non-hydrogen) atoms. The van der Waals surface area contributed by atoms with Gasteiger partial charge in [-0.05, 0) is 116 Å². The number of hydrogen-bond acceptors (Lipinski definition) is 1. The highest BCUT2D eigenvalue weighted by Crippen LogP contribution is 2.65. The molecule has 1 aromatic rings. The van der Waals surface area contributed by atoms with E-state index < -0.39 is 0 Å². The summed E-state index contributed by atoms with van der Waals surface area (Å²) >= 11 is 0. The van der Waals surface area contributed by atoms with Crippen LogP contribution in [0.15, 0.2) is 42.6 Å².